The van der Waals surface area contributed by atoms with Crippen LogP contribution >= 0.6 is 0 Å². The van der Waals surface area contributed by atoms with Crippen LogP contribution < -0.4 is 5.73 Å². The minimum absolute atomic E-state index is 0.223. The van der Waals surface area contributed by atoms with Gasteiger partial charge in [-0.1, -0.05) is 31.2 Å². The van der Waals surface area contributed by atoms with Crippen LogP contribution in [0.25, 0.3) is 0 Å². The molecule has 0 saturated carbocycles. The number of benzene rings is 1. The molecule has 18 heavy (non-hydrogen) atoms. The van der Waals surface area contributed by atoms with Crippen LogP contribution in [0.2, 0.25) is 0 Å². The van der Waals surface area contributed by atoms with Gasteiger partial charge in [0.25, 0.3) is 0 Å². The maximum absolute atomic E-state index is 11.5. The predicted octanol–water partition coefficient (Wildman–Crippen LogP) is 2.00. The highest BCUT2D eigenvalue weighted by Crippen LogP contribution is 2.37. The first-order valence-electron chi connectivity index (χ1n) is 6.54. The van der Waals surface area contributed by atoms with Crippen LogP contribution in [0.1, 0.15) is 37.3 Å². The number of rotatable bonds is 5. The van der Waals surface area contributed by atoms with Crippen LogP contribution in [0, 0.1) is 0 Å². The Morgan fingerprint density at radius 2 is 2.06 bits per heavy atom. The molecule has 1 aromatic carbocycles. The molecule has 0 saturated heterocycles. The Bertz CT molecular complexity index is 524. The second-order valence-corrected chi connectivity index (χ2v) is 7.63. The number of aryl methyl sites for hydroxylation is 1. The van der Waals surface area contributed by atoms with E-state index in [4.69, 9.17) is 5.73 Å². The highest BCUT2D eigenvalue weighted by atomic mass is 32.2. The van der Waals surface area contributed by atoms with E-state index >= 15 is 0 Å². The van der Waals surface area contributed by atoms with E-state index < -0.39 is 9.84 Å². The molecule has 0 fully saturated rings. The van der Waals surface area contributed by atoms with Gasteiger partial charge >= 0.3 is 0 Å². The molecule has 0 bridgehead atoms. The standard InChI is InChI=1S/C14H21NO2S/c1-2-18(16,17)11-5-9-14(15)10-8-12-6-3-4-7-13(12)14/h3-4,6-7H,2,5,8-11,15H2,1H3. The zero-order valence-corrected chi connectivity index (χ0v) is 11.7. The predicted molar refractivity (Wildman–Crippen MR) is 74.2 cm³/mol. The quantitative estimate of drug-likeness (QED) is 0.887. The smallest absolute Gasteiger partial charge is 0.150 e. The van der Waals surface area contributed by atoms with E-state index in [0.717, 1.165) is 19.3 Å². The van der Waals surface area contributed by atoms with Gasteiger partial charge in [0.15, 0.2) is 0 Å². The molecule has 4 heteroatoms. The van der Waals surface area contributed by atoms with Crippen molar-refractivity contribution in [3.63, 3.8) is 0 Å². The lowest BCUT2D eigenvalue weighted by Crippen LogP contribution is -2.34. The summed E-state index contributed by atoms with van der Waals surface area (Å²) in [5.41, 5.74) is 8.65. The molecular formula is C14H21NO2S. The third kappa shape index (κ3) is 2.75. The topological polar surface area (TPSA) is 60.2 Å². The van der Waals surface area contributed by atoms with Crippen molar-refractivity contribution in [3.8, 4) is 0 Å². The van der Waals surface area contributed by atoms with Gasteiger partial charge in [-0.15, -0.1) is 0 Å². The molecule has 1 aliphatic carbocycles. The summed E-state index contributed by atoms with van der Waals surface area (Å²) in [4.78, 5) is 0. The van der Waals surface area contributed by atoms with E-state index in [1.165, 1.54) is 11.1 Å². The summed E-state index contributed by atoms with van der Waals surface area (Å²) in [7, 11) is -2.87. The first kappa shape index (κ1) is 13.6. The Morgan fingerprint density at radius 1 is 1.33 bits per heavy atom. The SMILES string of the molecule is CCS(=O)(=O)CCCC1(N)CCc2ccccc21. The summed E-state index contributed by atoms with van der Waals surface area (Å²) in [5, 5.41) is 0. The number of fused-ring (bicyclic) bond motifs is 1. The fourth-order valence-corrected chi connectivity index (χ4v) is 3.60. The number of sulfone groups is 1. The van der Waals surface area contributed by atoms with Crippen molar-refractivity contribution in [2.24, 2.45) is 5.73 Å². The zero-order valence-electron chi connectivity index (χ0n) is 10.9. The maximum Gasteiger partial charge on any atom is 0.150 e. The molecule has 3 nitrogen and oxygen atoms in total. The fourth-order valence-electron chi connectivity index (χ4n) is 2.73. The molecule has 0 amide bonds. The average molecular weight is 267 g/mol. The van der Waals surface area contributed by atoms with Crippen molar-refractivity contribution in [1.29, 1.82) is 0 Å². The Labute approximate surface area is 109 Å². The van der Waals surface area contributed by atoms with Gasteiger partial charge in [0, 0.05) is 11.3 Å². The largest absolute Gasteiger partial charge is 0.321 e. The van der Waals surface area contributed by atoms with Crippen molar-refractivity contribution >= 4 is 9.84 Å². The Morgan fingerprint density at radius 3 is 2.78 bits per heavy atom. The normalized spacial score (nSPS) is 23.0. The fraction of sp³-hybridized carbons (Fsp3) is 0.571. The Balaban J connectivity index is 2.03. The Hall–Kier alpha value is -0.870. The molecule has 0 radical (unpaired) electrons. The van der Waals surface area contributed by atoms with Crippen molar-refractivity contribution in [2.75, 3.05) is 11.5 Å². The molecular weight excluding hydrogens is 246 g/mol. The van der Waals surface area contributed by atoms with E-state index in [9.17, 15) is 8.42 Å². The average Bonchev–Trinajstić information content (AvgIpc) is 2.68. The highest BCUT2D eigenvalue weighted by Gasteiger charge is 2.34. The molecule has 1 aromatic rings. The van der Waals surface area contributed by atoms with Crippen molar-refractivity contribution in [2.45, 2.75) is 38.1 Å². The third-order valence-corrected chi connectivity index (χ3v) is 5.70. The van der Waals surface area contributed by atoms with Crippen molar-refractivity contribution in [1.82, 2.24) is 0 Å². The number of hydrogen-bond donors (Lipinski definition) is 1. The van der Waals surface area contributed by atoms with Crippen LogP contribution in [0.15, 0.2) is 24.3 Å². The second kappa shape index (κ2) is 5.02. The summed E-state index contributed by atoms with van der Waals surface area (Å²) in [6.07, 6.45) is 3.34. The van der Waals surface area contributed by atoms with Gasteiger partial charge in [0.05, 0.1) is 5.75 Å². The van der Waals surface area contributed by atoms with Crippen LogP contribution in [0.3, 0.4) is 0 Å². The minimum Gasteiger partial charge on any atom is -0.321 e. The first-order chi connectivity index (χ1) is 8.47. The summed E-state index contributed by atoms with van der Waals surface area (Å²) in [6.45, 7) is 1.69. The van der Waals surface area contributed by atoms with E-state index in [0.29, 0.717) is 6.42 Å². The van der Waals surface area contributed by atoms with Crippen LogP contribution in [-0.2, 0) is 21.8 Å². The van der Waals surface area contributed by atoms with Gasteiger partial charge in [-0.05, 0) is 36.8 Å². The summed E-state index contributed by atoms with van der Waals surface area (Å²) in [5.74, 6) is 0.478. The lowest BCUT2D eigenvalue weighted by atomic mass is 9.88. The molecule has 1 aliphatic rings. The first-order valence-corrected chi connectivity index (χ1v) is 8.37. The lowest BCUT2D eigenvalue weighted by molar-refractivity contribution is 0.402. The molecule has 100 valence electrons. The molecule has 0 aliphatic heterocycles. The molecule has 2 rings (SSSR count). The van der Waals surface area contributed by atoms with Crippen molar-refractivity contribution < 1.29 is 8.42 Å². The van der Waals surface area contributed by atoms with Crippen LogP contribution in [0.4, 0.5) is 0 Å². The van der Waals surface area contributed by atoms with E-state index in [-0.39, 0.29) is 17.0 Å². The van der Waals surface area contributed by atoms with Crippen LogP contribution in [-0.4, -0.2) is 19.9 Å². The second-order valence-electron chi connectivity index (χ2n) is 5.15. The molecule has 0 spiro atoms. The zero-order chi connectivity index (χ0) is 13.2. The molecule has 2 N–H and O–H groups in total. The Kier molecular flexibility index (Phi) is 3.78. The number of nitrogens with two attached hydrogens (primary N) is 1. The molecule has 1 unspecified atom stereocenters. The van der Waals surface area contributed by atoms with Gasteiger partial charge < -0.3 is 5.73 Å². The molecule has 0 heterocycles. The summed E-state index contributed by atoms with van der Waals surface area (Å²) >= 11 is 0. The van der Waals surface area contributed by atoms with Gasteiger partial charge in [-0.25, -0.2) is 8.42 Å². The van der Waals surface area contributed by atoms with Gasteiger partial charge in [-0.3, -0.25) is 0 Å². The van der Waals surface area contributed by atoms with Crippen molar-refractivity contribution in [3.05, 3.63) is 35.4 Å². The summed E-state index contributed by atoms with van der Waals surface area (Å²) < 4.78 is 23.0. The summed E-state index contributed by atoms with van der Waals surface area (Å²) in [6, 6.07) is 8.24. The van der Waals surface area contributed by atoms with E-state index in [1.807, 2.05) is 12.1 Å². The minimum atomic E-state index is -2.87. The monoisotopic (exact) mass is 267 g/mol. The van der Waals surface area contributed by atoms with Crippen LogP contribution in [0.5, 0.6) is 0 Å². The molecule has 1 atom stereocenters. The van der Waals surface area contributed by atoms with E-state index in [1.54, 1.807) is 6.92 Å². The van der Waals surface area contributed by atoms with Gasteiger partial charge in [-0.2, -0.15) is 0 Å². The van der Waals surface area contributed by atoms with E-state index in [2.05, 4.69) is 12.1 Å². The number of hydrogen-bond acceptors (Lipinski definition) is 3. The molecule has 0 aromatic heterocycles. The lowest BCUT2D eigenvalue weighted by Gasteiger charge is -2.25. The maximum atomic E-state index is 11.5. The third-order valence-electron chi connectivity index (χ3n) is 3.91. The van der Waals surface area contributed by atoms with Gasteiger partial charge in [0.1, 0.15) is 9.84 Å². The highest BCUT2D eigenvalue weighted by molar-refractivity contribution is 7.91. The van der Waals surface area contributed by atoms with Gasteiger partial charge in [0.2, 0.25) is 0 Å².